The van der Waals surface area contributed by atoms with E-state index in [2.05, 4.69) is 50.2 Å². The largest absolute Gasteiger partial charge is 0.229 e. The summed E-state index contributed by atoms with van der Waals surface area (Å²) in [4.78, 5) is 9.40. The summed E-state index contributed by atoms with van der Waals surface area (Å²) >= 11 is 3.52. The molecule has 0 aliphatic rings. The molecule has 0 radical (unpaired) electrons. The molecule has 0 amide bonds. The van der Waals surface area contributed by atoms with Crippen molar-refractivity contribution < 1.29 is 0 Å². The van der Waals surface area contributed by atoms with E-state index in [9.17, 15) is 0 Å². The molecule has 0 atom stereocenters. The number of aromatic nitrogens is 2. The zero-order valence-corrected chi connectivity index (χ0v) is 15.3. The third-order valence-corrected chi connectivity index (χ3v) is 8.75. The average Bonchev–Trinajstić information content (AvgIpc) is 3.10. The van der Waals surface area contributed by atoms with Gasteiger partial charge >= 0.3 is 0 Å². The fourth-order valence-electron chi connectivity index (χ4n) is 2.28. The number of benzene rings is 2. The van der Waals surface area contributed by atoms with E-state index in [0.29, 0.717) is 0 Å². The Kier molecular flexibility index (Phi) is 3.86. The number of fused-ring (bicyclic) bond motifs is 2. The van der Waals surface area contributed by atoms with Crippen molar-refractivity contribution in [3.05, 3.63) is 47.5 Å². The highest BCUT2D eigenvalue weighted by Crippen LogP contribution is 2.44. The van der Waals surface area contributed by atoms with Gasteiger partial charge in [-0.25, -0.2) is 9.97 Å². The Bertz CT molecular complexity index is 891. The lowest BCUT2D eigenvalue weighted by Crippen LogP contribution is -1.71. The first-order valence-electron chi connectivity index (χ1n) is 6.77. The normalized spacial score (nSPS) is 11.5. The van der Waals surface area contributed by atoms with E-state index in [1.165, 1.54) is 20.5 Å². The summed E-state index contributed by atoms with van der Waals surface area (Å²) in [5, 5.41) is 0. The molecule has 0 fully saturated rings. The van der Waals surface area contributed by atoms with Crippen molar-refractivity contribution in [1.29, 1.82) is 0 Å². The summed E-state index contributed by atoms with van der Waals surface area (Å²) in [6.07, 6.45) is 0. The first kappa shape index (κ1) is 14.5. The molecule has 2 nitrogen and oxygen atoms in total. The lowest BCUT2D eigenvalue weighted by Gasteiger charge is -1.90. The number of hydrogen-bond acceptors (Lipinski definition) is 6. The number of aryl methyl sites for hydroxylation is 2. The van der Waals surface area contributed by atoms with Crippen molar-refractivity contribution in [2.24, 2.45) is 0 Å². The Hall–Kier alpha value is -1.08. The van der Waals surface area contributed by atoms with Crippen LogP contribution >= 0.6 is 44.3 Å². The van der Waals surface area contributed by atoms with Crippen LogP contribution in [0.1, 0.15) is 11.1 Å². The van der Waals surface area contributed by atoms with Crippen molar-refractivity contribution >= 4 is 64.7 Å². The van der Waals surface area contributed by atoms with Crippen LogP contribution in [0.15, 0.2) is 45.1 Å². The van der Waals surface area contributed by atoms with E-state index in [-0.39, 0.29) is 0 Å². The summed E-state index contributed by atoms with van der Waals surface area (Å²) in [5.74, 6) is 0. The fourth-order valence-corrected chi connectivity index (χ4v) is 6.87. The predicted molar refractivity (Wildman–Crippen MR) is 100 cm³/mol. The predicted octanol–water partition coefficient (Wildman–Crippen LogP) is 6.32. The molecule has 22 heavy (non-hydrogen) atoms. The molecule has 2 aromatic heterocycles. The van der Waals surface area contributed by atoms with Crippen molar-refractivity contribution in [2.45, 2.75) is 22.5 Å². The van der Waals surface area contributed by atoms with Crippen LogP contribution in [0.4, 0.5) is 0 Å². The molecule has 0 aliphatic carbocycles. The molecular formula is C16H12N2S4. The van der Waals surface area contributed by atoms with Crippen molar-refractivity contribution in [2.75, 3.05) is 0 Å². The van der Waals surface area contributed by atoms with Gasteiger partial charge in [0.25, 0.3) is 0 Å². The second-order valence-electron chi connectivity index (χ2n) is 4.97. The third-order valence-electron chi connectivity index (χ3n) is 3.37. The molecule has 0 saturated heterocycles. The van der Waals surface area contributed by atoms with Gasteiger partial charge in [-0.3, -0.25) is 0 Å². The highest BCUT2D eigenvalue weighted by Gasteiger charge is 2.10. The van der Waals surface area contributed by atoms with Gasteiger partial charge in [-0.05, 0) is 58.7 Å². The minimum atomic E-state index is 1.09. The zero-order chi connectivity index (χ0) is 15.1. The number of rotatable bonds is 3. The minimum Gasteiger partial charge on any atom is -0.229 e. The van der Waals surface area contributed by atoms with E-state index in [0.717, 1.165) is 19.7 Å². The summed E-state index contributed by atoms with van der Waals surface area (Å²) in [6.45, 7) is 4.27. The van der Waals surface area contributed by atoms with Crippen LogP contribution in [-0.4, -0.2) is 9.97 Å². The number of hydrogen-bond donors (Lipinski definition) is 0. The molecule has 0 bridgehead atoms. The Morgan fingerprint density at radius 3 is 1.59 bits per heavy atom. The quantitative estimate of drug-likeness (QED) is 0.399. The van der Waals surface area contributed by atoms with Gasteiger partial charge in [-0.1, -0.05) is 24.3 Å². The van der Waals surface area contributed by atoms with Gasteiger partial charge in [0.05, 0.1) is 20.4 Å². The van der Waals surface area contributed by atoms with Gasteiger partial charge in [0.2, 0.25) is 0 Å². The maximum absolute atomic E-state index is 4.70. The van der Waals surface area contributed by atoms with Gasteiger partial charge in [-0.2, -0.15) is 0 Å². The van der Waals surface area contributed by atoms with Crippen LogP contribution in [-0.2, 0) is 0 Å². The second kappa shape index (κ2) is 5.85. The Balaban J connectivity index is 1.60. The van der Waals surface area contributed by atoms with Crippen molar-refractivity contribution in [3.63, 3.8) is 0 Å². The highest BCUT2D eigenvalue weighted by molar-refractivity contribution is 8.77. The van der Waals surface area contributed by atoms with Gasteiger partial charge in [0.1, 0.15) is 0 Å². The van der Waals surface area contributed by atoms with Gasteiger partial charge in [0.15, 0.2) is 8.68 Å². The third kappa shape index (κ3) is 2.65. The lowest BCUT2D eigenvalue weighted by molar-refractivity contribution is 1.30. The molecule has 0 saturated carbocycles. The monoisotopic (exact) mass is 360 g/mol. The Labute approximate surface area is 144 Å². The van der Waals surface area contributed by atoms with Crippen LogP contribution in [0.3, 0.4) is 0 Å². The van der Waals surface area contributed by atoms with Crippen LogP contribution in [0, 0.1) is 13.8 Å². The standard InChI is InChI=1S/C16H12N2S4/c1-9-5-3-7-11-13(9)19-15(17-11)21-22-16-18-12-8-4-6-10(2)14(12)20-16/h3-8H,1-2H3. The summed E-state index contributed by atoms with van der Waals surface area (Å²) in [6, 6.07) is 12.6. The minimum absolute atomic E-state index is 1.09. The first-order valence-corrected chi connectivity index (χ1v) is 10.6. The molecule has 4 aromatic rings. The van der Waals surface area contributed by atoms with E-state index < -0.39 is 0 Å². The topological polar surface area (TPSA) is 25.8 Å². The zero-order valence-electron chi connectivity index (χ0n) is 12.0. The molecule has 2 aromatic carbocycles. The van der Waals surface area contributed by atoms with Crippen molar-refractivity contribution in [1.82, 2.24) is 9.97 Å². The highest BCUT2D eigenvalue weighted by atomic mass is 33.1. The van der Waals surface area contributed by atoms with E-state index in [1.807, 2.05) is 0 Å². The van der Waals surface area contributed by atoms with Crippen LogP contribution in [0.2, 0.25) is 0 Å². The number of nitrogens with zero attached hydrogens (tertiary/aromatic N) is 2. The molecule has 6 heteroatoms. The van der Waals surface area contributed by atoms with Gasteiger partial charge in [0, 0.05) is 0 Å². The molecule has 0 N–H and O–H groups in total. The van der Waals surface area contributed by atoms with Crippen LogP contribution < -0.4 is 0 Å². The van der Waals surface area contributed by atoms with E-state index in [4.69, 9.17) is 9.97 Å². The second-order valence-corrected chi connectivity index (χ2v) is 9.59. The molecule has 0 unspecified atom stereocenters. The maximum atomic E-state index is 4.70. The molecule has 0 aliphatic heterocycles. The summed E-state index contributed by atoms with van der Waals surface area (Å²) in [7, 11) is 3.40. The first-order chi connectivity index (χ1) is 10.7. The molecule has 2 heterocycles. The molecular weight excluding hydrogens is 348 g/mol. The SMILES string of the molecule is Cc1cccc2nc(SSc3nc4cccc(C)c4s3)sc12. The average molecular weight is 361 g/mol. The van der Waals surface area contributed by atoms with Gasteiger partial charge in [-0.15, -0.1) is 22.7 Å². The fraction of sp³-hybridized carbons (Fsp3) is 0.125. The Morgan fingerprint density at radius 1 is 0.727 bits per heavy atom. The van der Waals surface area contributed by atoms with Crippen LogP contribution in [0.25, 0.3) is 20.4 Å². The van der Waals surface area contributed by atoms with E-state index in [1.54, 1.807) is 44.3 Å². The Morgan fingerprint density at radius 2 is 1.18 bits per heavy atom. The van der Waals surface area contributed by atoms with E-state index >= 15 is 0 Å². The maximum Gasteiger partial charge on any atom is 0.162 e. The smallest absolute Gasteiger partial charge is 0.162 e. The van der Waals surface area contributed by atoms with Crippen LogP contribution in [0.5, 0.6) is 0 Å². The molecule has 110 valence electrons. The lowest BCUT2D eigenvalue weighted by atomic mass is 10.2. The molecule has 0 spiro atoms. The van der Waals surface area contributed by atoms with Crippen molar-refractivity contribution in [3.8, 4) is 0 Å². The molecule has 4 rings (SSSR count). The number of thiazole rings is 2. The van der Waals surface area contributed by atoms with Gasteiger partial charge < -0.3 is 0 Å². The summed E-state index contributed by atoms with van der Waals surface area (Å²) in [5.41, 5.74) is 4.77. The summed E-state index contributed by atoms with van der Waals surface area (Å²) < 4.78 is 4.74.